The molecular formula is C8H14N2O2S. The Morgan fingerprint density at radius 3 is 2.85 bits per heavy atom. The van der Waals surface area contributed by atoms with E-state index < -0.39 is 0 Å². The number of likely N-dealkylation sites (N-methyl/N-ethyl adjacent to an activating group) is 1. The van der Waals surface area contributed by atoms with Crippen LogP contribution < -0.4 is 0 Å². The number of rotatable bonds is 5. The van der Waals surface area contributed by atoms with Crippen molar-refractivity contribution in [1.29, 1.82) is 0 Å². The summed E-state index contributed by atoms with van der Waals surface area (Å²) in [5, 5.41) is 18.4. The summed E-state index contributed by atoms with van der Waals surface area (Å²) in [6.45, 7) is 1.59. The molecule has 74 valence electrons. The molecule has 0 amide bonds. The van der Waals surface area contributed by atoms with E-state index in [1.165, 1.54) is 11.3 Å². The largest absolute Gasteiger partial charge is 0.395 e. The van der Waals surface area contributed by atoms with Crippen LogP contribution >= 0.6 is 11.3 Å². The molecule has 0 spiro atoms. The first kappa shape index (κ1) is 10.6. The Hall–Kier alpha value is -0.490. The Kier molecular flexibility index (Phi) is 4.31. The molecule has 0 aromatic carbocycles. The number of aliphatic hydroxyl groups is 2. The Labute approximate surface area is 81.5 Å². The van der Waals surface area contributed by atoms with Crippen LogP contribution in [0.15, 0.2) is 6.20 Å². The molecule has 0 radical (unpaired) electrons. The summed E-state index contributed by atoms with van der Waals surface area (Å²) in [5.41, 5.74) is 0. The van der Waals surface area contributed by atoms with Gasteiger partial charge in [-0.15, -0.1) is 11.3 Å². The van der Waals surface area contributed by atoms with E-state index in [-0.39, 0.29) is 13.2 Å². The summed E-state index contributed by atoms with van der Waals surface area (Å²) in [7, 11) is 1.93. The second-order valence-electron chi connectivity index (χ2n) is 2.84. The summed E-state index contributed by atoms with van der Waals surface area (Å²) in [6, 6.07) is 0. The predicted octanol–water partition coefficient (Wildman–Crippen LogP) is 0.0595. The van der Waals surface area contributed by atoms with Crippen LogP contribution in [-0.4, -0.2) is 40.3 Å². The zero-order valence-electron chi connectivity index (χ0n) is 7.60. The number of aromatic nitrogens is 1. The van der Waals surface area contributed by atoms with Crippen molar-refractivity contribution in [2.75, 3.05) is 20.2 Å². The normalized spacial score (nSPS) is 11.1. The van der Waals surface area contributed by atoms with Crippen LogP contribution in [0.25, 0.3) is 0 Å². The summed E-state index contributed by atoms with van der Waals surface area (Å²) in [6.07, 6.45) is 1.69. The van der Waals surface area contributed by atoms with Gasteiger partial charge in [-0.3, -0.25) is 4.90 Å². The third-order valence-electron chi connectivity index (χ3n) is 1.64. The minimum absolute atomic E-state index is 0.0569. The van der Waals surface area contributed by atoms with Gasteiger partial charge in [0.1, 0.15) is 5.01 Å². The molecule has 0 bridgehead atoms. The van der Waals surface area contributed by atoms with Gasteiger partial charge in [0.05, 0.1) is 24.6 Å². The van der Waals surface area contributed by atoms with E-state index in [0.717, 1.165) is 16.4 Å². The molecule has 0 aliphatic rings. The summed E-state index contributed by atoms with van der Waals surface area (Å²) in [4.78, 5) is 7.01. The third kappa shape index (κ3) is 3.40. The lowest BCUT2D eigenvalue weighted by molar-refractivity contribution is 0.217. The van der Waals surface area contributed by atoms with Crippen molar-refractivity contribution >= 4 is 11.3 Å². The first-order valence-corrected chi connectivity index (χ1v) is 4.91. The first-order chi connectivity index (χ1) is 6.26. The zero-order chi connectivity index (χ0) is 9.68. The highest BCUT2D eigenvalue weighted by Crippen LogP contribution is 2.13. The quantitative estimate of drug-likeness (QED) is 0.709. The van der Waals surface area contributed by atoms with Gasteiger partial charge >= 0.3 is 0 Å². The molecule has 5 heteroatoms. The maximum absolute atomic E-state index is 8.81. The van der Waals surface area contributed by atoms with Gasteiger partial charge in [-0.25, -0.2) is 4.98 Å². The van der Waals surface area contributed by atoms with Crippen LogP contribution in [0.4, 0.5) is 0 Å². The van der Waals surface area contributed by atoms with Gasteiger partial charge in [-0.05, 0) is 7.05 Å². The molecule has 1 rings (SSSR count). The summed E-state index contributed by atoms with van der Waals surface area (Å²) < 4.78 is 0. The lowest BCUT2D eigenvalue weighted by Crippen LogP contribution is -2.21. The average Bonchev–Trinajstić information content (AvgIpc) is 2.52. The minimum Gasteiger partial charge on any atom is -0.395 e. The second-order valence-corrected chi connectivity index (χ2v) is 4.04. The van der Waals surface area contributed by atoms with Gasteiger partial charge in [0.25, 0.3) is 0 Å². The highest BCUT2D eigenvalue weighted by molar-refractivity contribution is 7.11. The van der Waals surface area contributed by atoms with E-state index in [4.69, 9.17) is 10.2 Å². The third-order valence-corrected chi connectivity index (χ3v) is 2.61. The Morgan fingerprint density at radius 1 is 1.54 bits per heavy atom. The molecule has 0 saturated heterocycles. The minimum atomic E-state index is 0.0569. The van der Waals surface area contributed by atoms with Crippen LogP contribution in [0.5, 0.6) is 0 Å². The van der Waals surface area contributed by atoms with Crippen LogP contribution in [0, 0.1) is 0 Å². The molecule has 4 nitrogen and oxygen atoms in total. The molecule has 1 aromatic rings. The predicted molar refractivity (Wildman–Crippen MR) is 51.5 cm³/mol. The van der Waals surface area contributed by atoms with Crippen molar-refractivity contribution in [3.05, 3.63) is 16.1 Å². The van der Waals surface area contributed by atoms with Crippen molar-refractivity contribution in [3.8, 4) is 0 Å². The average molecular weight is 202 g/mol. The van der Waals surface area contributed by atoms with Crippen molar-refractivity contribution in [3.63, 3.8) is 0 Å². The van der Waals surface area contributed by atoms with Crippen molar-refractivity contribution < 1.29 is 10.2 Å². The van der Waals surface area contributed by atoms with Crippen LogP contribution in [0.2, 0.25) is 0 Å². The van der Waals surface area contributed by atoms with Gasteiger partial charge in [0.2, 0.25) is 0 Å². The smallest absolute Gasteiger partial charge is 0.107 e. The number of hydrogen-bond acceptors (Lipinski definition) is 5. The fraction of sp³-hybridized carbons (Fsp3) is 0.625. The van der Waals surface area contributed by atoms with E-state index in [1.807, 2.05) is 11.9 Å². The molecule has 1 aromatic heterocycles. The fourth-order valence-corrected chi connectivity index (χ4v) is 1.84. The highest BCUT2D eigenvalue weighted by Gasteiger charge is 2.03. The number of hydrogen-bond donors (Lipinski definition) is 2. The van der Waals surface area contributed by atoms with E-state index >= 15 is 0 Å². The molecule has 13 heavy (non-hydrogen) atoms. The van der Waals surface area contributed by atoms with Gasteiger partial charge in [0, 0.05) is 12.7 Å². The zero-order valence-corrected chi connectivity index (χ0v) is 8.42. The van der Waals surface area contributed by atoms with Gasteiger partial charge in [-0.2, -0.15) is 0 Å². The van der Waals surface area contributed by atoms with Crippen molar-refractivity contribution in [1.82, 2.24) is 9.88 Å². The molecule has 1 heterocycles. The van der Waals surface area contributed by atoms with E-state index in [9.17, 15) is 0 Å². The highest BCUT2D eigenvalue weighted by atomic mass is 32.1. The topological polar surface area (TPSA) is 56.6 Å². The molecule has 2 N–H and O–H groups in total. The Morgan fingerprint density at radius 2 is 2.31 bits per heavy atom. The SMILES string of the molecule is CN(CCO)Cc1ncc(CO)s1. The molecular weight excluding hydrogens is 188 g/mol. The van der Waals surface area contributed by atoms with Gasteiger partial charge < -0.3 is 10.2 Å². The van der Waals surface area contributed by atoms with Crippen molar-refractivity contribution in [2.45, 2.75) is 13.2 Å². The lowest BCUT2D eigenvalue weighted by Gasteiger charge is -2.12. The van der Waals surface area contributed by atoms with Crippen LogP contribution in [0.1, 0.15) is 9.88 Å². The van der Waals surface area contributed by atoms with Crippen LogP contribution in [0.3, 0.4) is 0 Å². The maximum atomic E-state index is 8.81. The van der Waals surface area contributed by atoms with Crippen molar-refractivity contribution in [2.24, 2.45) is 0 Å². The van der Waals surface area contributed by atoms with E-state index in [0.29, 0.717) is 6.54 Å². The maximum Gasteiger partial charge on any atom is 0.107 e. The molecule has 0 aliphatic heterocycles. The fourth-order valence-electron chi connectivity index (χ4n) is 0.975. The Bertz CT molecular complexity index is 252. The first-order valence-electron chi connectivity index (χ1n) is 4.10. The number of nitrogens with zero attached hydrogens (tertiary/aromatic N) is 2. The lowest BCUT2D eigenvalue weighted by atomic mass is 10.5. The van der Waals surface area contributed by atoms with Crippen LogP contribution in [-0.2, 0) is 13.2 Å². The molecule has 0 fully saturated rings. The second kappa shape index (κ2) is 5.29. The molecule has 0 atom stereocenters. The molecule has 0 aliphatic carbocycles. The van der Waals surface area contributed by atoms with Gasteiger partial charge in [0.15, 0.2) is 0 Å². The number of thiazole rings is 1. The molecule has 0 saturated carbocycles. The van der Waals surface area contributed by atoms with E-state index in [1.54, 1.807) is 6.20 Å². The summed E-state index contributed by atoms with van der Waals surface area (Å²) >= 11 is 1.50. The van der Waals surface area contributed by atoms with E-state index in [2.05, 4.69) is 4.98 Å². The molecule has 0 unspecified atom stereocenters. The standard InChI is InChI=1S/C8H14N2O2S/c1-10(2-3-11)5-8-9-4-7(6-12)13-8/h4,11-12H,2-3,5-6H2,1H3. The number of aliphatic hydroxyl groups excluding tert-OH is 2. The Balaban J connectivity index is 2.44. The van der Waals surface area contributed by atoms with Gasteiger partial charge in [-0.1, -0.05) is 0 Å². The summed E-state index contributed by atoms with van der Waals surface area (Å²) in [5.74, 6) is 0. The monoisotopic (exact) mass is 202 g/mol.